The van der Waals surface area contributed by atoms with Crippen molar-refractivity contribution in [1.82, 2.24) is 19.9 Å². The number of aromatic nitrogens is 3. The fraction of sp³-hybridized carbons (Fsp3) is 0.533. The maximum Gasteiger partial charge on any atom is 0.228 e. The molecule has 3 heterocycles. The molecule has 0 aromatic carbocycles. The molecule has 118 valence electrons. The van der Waals surface area contributed by atoms with Crippen molar-refractivity contribution < 1.29 is 4.79 Å². The molecule has 0 aliphatic carbocycles. The number of rotatable bonds is 5. The van der Waals surface area contributed by atoms with Crippen molar-refractivity contribution in [2.45, 2.75) is 36.4 Å². The molecule has 22 heavy (non-hydrogen) atoms. The highest BCUT2D eigenvalue weighted by atomic mass is 32.2. The van der Waals surface area contributed by atoms with E-state index < -0.39 is 0 Å². The Bertz CT molecular complexity index is 611. The molecule has 1 saturated heterocycles. The lowest BCUT2D eigenvalue weighted by Crippen LogP contribution is -2.40. The van der Waals surface area contributed by atoms with Gasteiger partial charge < -0.3 is 9.88 Å². The van der Waals surface area contributed by atoms with Gasteiger partial charge in [0, 0.05) is 36.8 Å². The highest BCUT2D eigenvalue weighted by Gasteiger charge is 2.26. The first-order valence-corrected chi connectivity index (χ1v) is 9.47. The van der Waals surface area contributed by atoms with Crippen molar-refractivity contribution >= 4 is 29.0 Å². The van der Waals surface area contributed by atoms with Crippen LogP contribution >= 0.6 is 23.1 Å². The topological polar surface area (TPSA) is 61.9 Å². The summed E-state index contributed by atoms with van der Waals surface area (Å²) in [6.07, 6.45) is 6.15. The maximum atomic E-state index is 12.5. The molecular formula is C15H20N4OS2. The van der Waals surface area contributed by atoms with Crippen molar-refractivity contribution in [3.05, 3.63) is 29.3 Å². The van der Waals surface area contributed by atoms with Crippen LogP contribution in [0, 0.1) is 0 Å². The van der Waals surface area contributed by atoms with Crippen LogP contribution in [0.1, 0.15) is 37.2 Å². The zero-order valence-electron chi connectivity index (χ0n) is 12.6. The van der Waals surface area contributed by atoms with Gasteiger partial charge in [0.2, 0.25) is 5.91 Å². The quantitative estimate of drug-likeness (QED) is 0.853. The van der Waals surface area contributed by atoms with Crippen LogP contribution in [0.2, 0.25) is 0 Å². The lowest BCUT2D eigenvalue weighted by Gasteiger charge is -2.31. The number of imidazole rings is 1. The van der Waals surface area contributed by atoms with E-state index in [4.69, 9.17) is 0 Å². The van der Waals surface area contributed by atoms with Crippen molar-refractivity contribution in [3.63, 3.8) is 0 Å². The lowest BCUT2D eigenvalue weighted by molar-refractivity contribution is -0.131. The molecule has 7 heteroatoms. The third kappa shape index (κ3) is 3.70. The van der Waals surface area contributed by atoms with Gasteiger partial charge in [0.15, 0.2) is 0 Å². The third-order valence-corrected chi connectivity index (χ3v) is 5.76. The predicted octanol–water partition coefficient (Wildman–Crippen LogP) is 2.93. The molecule has 0 radical (unpaired) electrons. The summed E-state index contributed by atoms with van der Waals surface area (Å²) in [6, 6.07) is 0. The molecule has 1 N–H and O–H groups in total. The summed E-state index contributed by atoms with van der Waals surface area (Å²) in [5.74, 6) is 2.51. The third-order valence-electron chi connectivity index (χ3n) is 3.81. The van der Waals surface area contributed by atoms with Gasteiger partial charge >= 0.3 is 0 Å². The number of carbonyl (C=O) groups is 1. The van der Waals surface area contributed by atoms with Crippen LogP contribution in [0.3, 0.4) is 0 Å². The summed E-state index contributed by atoms with van der Waals surface area (Å²) in [5.41, 5.74) is 0.895. The van der Waals surface area contributed by atoms with E-state index in [9.17, 15) is 4.79 Å². The lowest BCUT2D eigenvalue weighted by atomic mass is 9.97. The normalized spacial score (nSPS) is 18.6. The number of thiazole rings is 1. The summed E-state index contributed by atoms with van der Waals surface area (Å²) in [4.78, 5) is 26.5. The van der Waals surface area contributed by atoms with Crippen molar-refractivity contribution in [2.75, 3.05) is 18.8 Å². The molecule has 1 aliphatic heterocycles. The number of hydrogen-bond donors (Lipinski definition) is 1. The fourth-order valence-corrected chi connectivity index (χ4v) is 4.50. The number of carbonyl (C=O) groups excluding carboxylic acids is 1. The minimum absolute atomic E-state index is 0.176. The number of nitrogens with one attached hydrogen (secondary N) is 1. The number of thioether (sulfide) groups is 1. The van der Waals surface area contributed by atoms with Crippen LogP contribution in [0.4, 0.5) is 0 Å². The number of piperidine rings is 1. The molecule has 2 aromatic rings. The number of likely N-dealkylation sites (tertiary alicyclic amines) is 1. The Morgan fingerprint density at radius 1 is 1.59 bits per heavy atom. The molecule has 0 bridgehead atoms. The highest BCUT2D eigenvalue weighted by molar-refractivity contribution is 8.00. The van der Waals surface area contributed by atoms with Crippen molar-refractivity contribution in [3.8, 4) is 0 Å². The molecule has 1 amide bonds. The first-order chi connectivity index (χ1) is 10.8. The Labute approximate surface area is 138 Å². The highest BCUT2D eigenvalue weighted by Crippen LogP contribution is 2.26. The van der Waals surface area contributed by atoms with Crippen LogP contribution in [0.25, 0.3) is 0 Å². The van der Waals surface area contributed by atoms with E-state index in [1.807, 2.05) is 16.5 Å². The van der Waals surface area contributed by atoms with E-state index in [1.54, 1.807) is 29.3 Å². The largest absolute Gasteiger partial charge is 0.348 e. The number of aromatic amines is 1. The van der Waals surface area contributed by atoms with E-state index in [0.29, 0.717) is 12.3 Å². The Balaban J connectivity index is 1.59. The van der Waals surface area contributed by atoms with E-state index in [-0.39, 0.29) is 5.91 Å². The Hall–Kier alpha value is -1.34. The van der Waals surface area contributed by atoms with Gasteiger partial charge in [-0.25, -0.2) is 9.97 Å². The Morgan fingerprint density at radius 2 is 2.50 bits per heavy atom. The fourth-order valence-electron chi connectivity index (χ4n) is 2.75. The van der Waals surface area contributed by atoms with Gasteiger partial charge in [-0.1, -0.05) is 18.7 Å². The van der Waals surface area contributed by atoms with Crippen molar-refractivity contribution in [2.24, 2.45) is 0 Å². The minimum atomic E-state index is 0.176. The van der Waals surface area contributed by atoms with Crippen molar-refractivity contribution in [1.29, 1.82) is 0 Å². The Kier molecular flexibility index (Phi) is 5.15. The molecular weight excluding hydrogens is 316 g/mol. The summed E-state index contributed by atoms with van der Waals surface area (Å²) in [6.45, 7) is 3.71. The van der Waals surface area contributed by atoms with Gasteiger partial charge in [-0.3, -0.25) is 4.79 Å². The minimum Gasteiger partial charge on any atom is -0.348 e. The average molecular weight is 336 g/mol. The summed E-state index contributed by atoms with van der Waals surface area (Å²) >= 11 is 3.35. The second kappa shape index (κ2) is 7.28. The van der Waals surface area contributed by atoms with Gasteiger partial charge in [0.05, 0.1) is 12.1 Å². The van der Waals surface area contributed by atoms with Gasteiger partial charge in [-0.05, 0) is 18.6 Å². The average Bonchev–Trinajstić information content (AvgIpc) is 3.20. The Morgan fingerprint density at radius 3 is 3.27 bits per heavy atom. The number of amides is 1. The first kappa shape index (κ1) is 15.6. The standard InChI is InChI=1S/C15H20N4OS2/c1-2-21-15-18-12(10-22-15)8-13(20)19-7-3-4-11(9-19)14-16-5-6-17-14/h5-6,10-11H,2-4,7-9H2,1H3,(H,16,17)/t11-/m0/s1. The van der Waals surface area contributed by atoms with Crippen LogP contribution in [0.5, 0.6) is 0 Å². The van der Waals surface area contributed by atoms with Gasteiger partial charge in [-0.15, -0.1) is 11.3 Å². The van der Waals surface area contributed by atoms with E-state index >= 15 is 0 Å². The molecule has 0 saturated carbocycles. The molecule has 0 spiro atoms. The predicted molar refractivity (Wildman–Crippen MR) is 89.4 cm³/mol. The van der Waals surface area contributed by atoms with Gasteiger partial charge in [-0.2, -0.15) is 0 Å². The van der Waals surface area contributed by atoms with Gasteiger partial charge in [0.1, 0.15) is 10.2 Å². The molecule has 1 atom stereocenters. The maximum absolute atomic E-state index is 12.5. The summed E-state index contributed by atoms with van der Waals surface area (Å²) < 4.78 is 1.05. The second-order valence-corrected chi connectivity index (χ2v) is 7.74. The molecule has 1 fully saturated rings. The number of nitrogens with zero attached hydrogens (tertiary/aromatic N) is 3. The van der Waals surface area contributed by atoms with E-state index in [0.717, 1.165) is 47.5 Å². The van der Waals surface area contributed by atoms with Crippen LogP contribution in [0.15, 0.2) is 22.1 Å². The first-order valence-electron chi connectivity index (χ1n) is 7.60. The van der Waals surface area contributed by atoms with E-state index in [2.05, 4.69) is 21.9 Å². The monoisotopic (exact) mass is 336 g/mol. The molecule has 3 rings (SSSR count). The number of hydrogen-bond acceptors (Lipinski definition) is 5. The SMILES string of the molecule is CCSc1nc(CC(=O)N2CCC[C@H](c3ncc[nH]3)C2)cs1. The summed E-state index contributed by atoms with van der Waals surface area (Å²) in [5, 5.41) is 2.00. The molecule has 2 aromatic heterocycles. The smallest absolute Gasteiger partial charge is 0.228 e. The second-order valence-electron chi connectivity index (χ2n) is 5.37. The van der Waals surface area contributed by atoms with Gasteiger partial charge in [0.25, 0.3) is 0 Å². The summed E-state index contributed by atoms with van der Waals surface area (Å²) in [7, 11) is 0. The number of H-pyrrole nitrogens is 1. The van der Waals surface area contributed by atoms with E-state index in [1.165, 1.54) is 0 Å². The van der Waals surface area contributed by atoms with Crippen LogP contribution in [-0.4, -0.2) is 44.6 Å². The van der Waals surface area contributed by atoms with Crippen LogP contribution in [-0.2, 0) is 11.2 Å². The van der Waals surface area contributed by atoms with Crippen LogP contribution < -0.4 is 0 Å². The zero-order valence-corrected chi connectivity index (χ0v) is 14.3. The molecule has 1 aliphatic rings. The zero-order chi connectivity index (χ0) is 15.4. The molecule has 5 nitrogen and oxygen atoms in total. The molecule has 0 unspecified atom stereocenters.